The normalized spacial score (nSPS) is 13.8. The molecule has 0 saturated carbocycles. The van der Waals surface area contributed by atoms with Crippen molar-refractivity contribution >= 4 is 17.1 Å². The Morgan fingerprint density at radius 3 is 2.79 bits per heavy atom. The molecule has 2 atom stereocenters. The van der Waals surface area contributed by atoms with Gasteiger partial charge in [0, 0.05) is 6.92 Å². The Morgan fingerprint density at radius 1 is 1.38 bits per heavy atom. The van der Waals surface area contributed by atoms with Crippen LogP contribution in [-0.4, -0.2) is 31.6 Å². The second-order valence-corrected chi connectivity index (χ2v) is 6.21. The minimum absolute atomic E-state index is 0.0931. The Balaban J connectivity index is 2.35. The molecule has 0 spiro atoms. The molecule has 0 aliphatic carbocycles. The molecule has 2 unspecified atom stereocenters. The predicted molar refractivity (Wildman–Crippen MR) is 91.9 cm³/mol. The van der Waals surface area contributed by atoms with Crippen molar-refractivity contribution in [3.8, 4) is 0 Å². The molecule has 2 heterocycles. The molecule has 2 aromatic rings. The number of nitrogens with zero attached hydrogens (tertiary/aromatic N) is 3. The molecule has 2 rings (SSSR count). The topological polar surface area (TPSA) is 89.9 Å². The van der Waals surface area contributed by atoms with E-state index in [0.717, 1.165) is 25.7 Å². The lowest BCUT2D eigenvalue weighted by Gasteiger charge is -2.25. The largest absolute Gasteiger partial charge is 0.461 e. The Hall–Kier alpha value is -2.18. The third-order valence-corrected chi connectivity index (χ3v) is 4.16. The number of esters is 1. The summed E-state index contributed by atoms with van der Waals surface area (Å²) in [7, 11) is 0. The van der Waals surface area contributed by atoms with Gasteiger partial charge in [0.05, 0.1) is 12.4 Å². The number of rotatable bonds is 8. The van der Waals surface area contributed by atoms with E-state index in [1.807, 2.05) is 11.5 Å². The van der Waals surface area contributed by atoms with E-state index in [0.29, 0.717) is 17.0 Å². The first kappa shape index (κ1) is 18.2. The fraction of sp³-hybridized carbons (Fsp3) is 0.647. The molecular formula is C17H26N4O3. The van der Waals surface area contributed by atoms with Crippen LogP contribution in [0.5, 0.6) is 0 Å². The predicted octanol–water partition coefficient (Wildman–Crippen LogP) is 2.89. The first-order valence-corrected chi connectivity index (χ1v) is 8.54. The van der Waals surface area contributed by atoms with Crippen molar-refractivity contribution in [1.29, 1.82) is 0 Å². The second kappa shape index (κ2) is 8.08. The molecule has 1 N–H and O–H groups in total. The van der Waals surface area contributed by atoms with Crippen LogP contribution >= 0.6 is 0 Å². The summed E-state index contributed by atoms with van der Waals surface area (Å²) in [5, 5.41) is 0. The average molecular weight is 334 g/mol. The van der Waals surface area contributed by atoms with Crippen LogP contribution in [0.3, 0.4) is 0 Å². The molecule has 7 heteroatoms. The number of carbonyl (C=O) groups is 1. The summed E-state index contributed by atoms with van der Waals surface area (Å²) in [5.74, 6) is 0.228. The van der Waals surface area contributed by atoms with Gasteiger partial charge in [0.15, 0.2) is 11.2 Å². The summed E-state index contributed by atoms with van der Waals surface area (Å²) in [5.41, 5.74) is 0.603. The first-order valence-electron chi connectivity index (χ1n) is 8.54. The lowest BCUT2D eigenvalue weighted by molar-refractivity contribution is -0.147. The number of aromatic amines is 1. The van der Waals surface area contributed by atoms with Crippen LogP contribution in [0.25, 0.3) is 11.2 Å². The van der Waals surface area contributed by atoms with E-state index >= 15 is 0 Å². The van der Waals surface area contributed by atoms with Gasteiger partial charge in [-0.1, -0.05) is 32.6 Å². The molecule has 0 saturated heterocycles. The molecule has 0 aromatic carbocycles. The second-order valence-electron chi connectivity index (χ2n) is 6.21. The van der Waals surface area contributed by atoms with Crippen molar-refractivity contribution in [2.45, 2.75) is 71.9 Å². The number of ether oxygens (including phenoxy) is 1. The molecule has 7 nitrogen and oxygen atoms in total. The van der Waals surface area contributed by atoms with E-state index in [1.165, 1.54) is 13.3 Å². The first-order chi connectivity index (χ1) is 11.4. The number of nitrogens with one attached hydrogen (secondary N) is 1. The van der Waals surface area contributed by atoms with Crippen LogP contribution in [0.15, 0.2) is 11.1 Å². The molecule has 0 aliphatic rings. The monoisotopic (exact) mass is 334 g/mol. The number of hydrogen-bond acceptors (Lipinski definition) is 5. The number of aryl methyl sites for hydroxylation is 1. The highest BCUT2D eigenvalue weighted by atomic mass is 16.5. The van der Waals surface area contributed by atoms with Crippen LogP contribution in [0.1, 0.15) is 64.7 Å². The maximum absolute atomic E-state index is 12.0. The molecule has 0 radical (unpaired) electrons. The van der Waals surface area contributed by atoms with E-state index in [1.54, 1.807) is 13.3 Å². The molecule has 132 valence electrons. The lowest BCUT2D eigenvalue weighted by atomic mass is 10.0. The fourth-order valence-electron chi connectivity index (χ4n) is 3.00. The van der Waals surface area contributed by atoms with E-state index in [9.17, 15) is 9.59 Å². The van der Waals surface area contributed by atoms with Gasteiger partial charge >= 0.3 is 5.97 Å². The molecule has 2 aromatic heterocycles. The van der Waals surface area contributed by atoms with E-state index in [2.05, 4.69) is 21.9 Å². The highest BCUT2D eigenvalue weighted by Crippen LogP contribution is 2.25. The van der Waals surface area contributed by atoms with Crippen LogP contribution in [0.2, 0.25) is 0 Å². The Morgan fingerprint density at radius 2 is 2.12 bits per heavy atom. The van der Waals surface area contributed by atoms with Gasteiger partial charge in [0.1, 0.15) is 11.9 Å². The van der Waals surface area contributed by atoms with Gasteiger partial charge in [0.25, 0.3) is 5.56 Å². The Bertz CT molecular complexity index is 750. The zero-order valence-electron chi connectivity index (χ0n) is 14.8. The zero-order chi connectivity index (χ0) is 17.7. The van der Waals surface area contributed by atoms with Gasteiger partial charge in [-0.3, -0.25) is 9.59 Å². The van der Waals surface area contributed by atoms with Crippen molar-refractivity contribution in [2.75, 3.05) is 0 Å². The van der Waals surface area contributed by atoms with Crippen molar-refractivity contribution in [1.82, 2.24) is 19.5 Å². The van der Waals surface area contributed by atoms with Crippen LogP contribution in [0, 0.1) is 6.92 Å². The minimum Gasteiger partial charge on any atom is -0.461 e. The van der Waals surface area contributed by atoms with E-state index in [4.69, 9.17) is 4.74 Å². The van der Waals surface area contributed by atoms with Gasteiger partial charge < -0.3 is 14.3 Å². The van der Waals surface area contributed by atoms with E-state index in [-0.39, 0.29) is 23.7 Å². The number of aromatic nitrogens is 4. The van der Waals surface area contributed by atoms with Crippen molar-refractivity contribution in [2.24, 2.45) is 0 Å². The average Bonchev–Trinajstić information content (AvgIpc) is 2.90. The summed E-state index contributed by atoms with van der Waals surface area (Å²) < 4.78 is 7.27. The number of imidazole rings is 1. The Labute approximate surface area is 141 Å². The number of carbonyl (C=O) groups excluding carboxylic acids is 1. The molecular weight excluding hydrogens is 308 g/mol. The van der Waals surface area contributed by atoms with Crippen molar-refractivity contribution in [3.63, 3.8) is 0 Å². The molecule has 24 heavy (non-hydrogen) atoms. The smallest absolute Gasteiger partial charge is 0.302 e. The highest BCUT2D eigenvalue weighted by Gasteiger charge is 2.24. The van der Waals surface area contributed by atoms with Crippen molar-refractivity contribution in [3.05, 3.63) is 22.5 Å². The Kier molecular flexibility index (Phi) is 6.11. The van der Waals surface area contributed by atoms with Crippen LogP contribution in [-0.2, 0) is 9.53 Å². The maximum Gasteiger partial charge on any atom is 0.302 e. The lowest BCUT2D eigenvalue weighted by Crippen LogP contribution is -2.26. The summed E-state index contributed by atoms with van der Waals surface area (Å²) in [6, 6.07) is -0.0931. The number of H-pyrrole nitrogens is 1. The summed E-state index contributed by atoms with van der Waals surface area (Å²) >= 11 is 0. The standard InChI is InChI=1S/C17H26N4O3/c1-5-6-7-8-9-14(11(2)24-13(4)22)21-10-18-15-16(21)19-12(3)20-17(15)23/h10-11,14H,5-9H2,1-4H3,(H,19,20,23). The van der Waals surface area contributed by atoms with Gasteiger partial charge in [-0.05, 0) is 20.3 Å². The maximum atomic E-state index is 12.0. The number of fused-ring (bicyclic) bond motifs is 1. The molecule has 0 bridgehead atoms. The van der Waals surface area contributed by atoms with Gasteiger partial charge in [-0.15, -0.1) is 0 Å². The quantitative estimate of drug-likeness (QED) is 0.592. The van der Waals surface area contributed by atoms with Crippen LogP contribution in [0.4, 0.5) is 0 Å². The summed E-state index contributed by atoms with van der Waals surface area (Å²) in [6.07, 6.45) is 6.63. The SMILES string of the molecule is CCCCCCC(C(C)OC(C)=O)n1cnc2c(=O)[nH]c(C)nc21. The van der Waals surface area contributed by atoms with Gasteiger partial charge in [0.2, 0.25) is 0 Å². The summed E-state index contributed by atoms with van der Waals surface area (Å²) in [6.45, 7) is 7.19. The third-order valence-electron chi connectivity index (χ3n) is 4.16. The minimum atomic E-state index is -0.317. The third kappa shape index (κ3) is 4.21. The highest BCUT2D eigenvalue weighted by molar-refractivity contribution is 5.69. The number of unbranched alkanes of at least 4 members (excludes halogenated alkanes) is 3. The van der Waals surface area contributed by atoms with Gasteiger partial charge in [-0.2, -0.15) is 0 Å². The fourth-order valence-corrected chi connectivity index (χ4v) is 3.00. The molecule has 0 amide bonds. The zero-order valence-corrected chi connectivity index (χ0v) is 14.8. The van der Waals surface area contributed by atoms with Gasteiger partial charge in [-0.25, -0.2) is 9.97 Å². The molecule has 0 fully saturated rings. The van der Waals surface area contributed by atoms with Crippen LogP contribution < -0.4 is 5.56 Å². The number of hydrogen-bond donors (Lipinski definition) is 1. The van der Waals surface area contributed by atoms with Crippen molar-refractivity contribution < 1.29 is 9.53 Å². The molecule has 0 aliphatic heterocycles. The van der Waals surface area contributed by atoms with E-state index < -0.39 is 0 Å². The summed E-state index contributed by atoms with van der Waals surface area (Å²) in [4.78, 5) is 34.7.